The van der Waals surface area contributed by atoms with Gasteiger partial charge in [0.2, 0.25) is 0 Å². The number of carbonyl (C=O) groups is 3. The molecular formula is C11H10O9S. The van der Waals surface area contributed by atoms with Crippen LogP contribution in [0.4, 0.5) is 0 Å². The molecule has 10 heteroatoms. The number of aromatic carboxylic acids is 2. The molecule has 0 saturated heterocycles. The van der Waals surface area contributed by atoms with Gasteiger partial charge < -0.3 is 15.3 Å². The van der Waals surface area contributed by atoms with Gasteiger partial charge in [-0.15, -0.1) is 0 Å². The zero-order valence-corrected chi connectivity index (χ0v) is 11.4. The molecule has 0 heterocycles. The number of hydrogen-bond donors (Lipinski definition) is 3. The third-order valence-electron chi connectivity index (χ3n) is 2.28. The average Bonchev–Trinajstić information content (AvgIpc) is 2.35. The molecule has 0 radical (unpaired) electrons. The van der Waals surface area contributed by atoms with Crippen LogP contribution in [0.5, 0.6) is 0 Å². The van der Waals surface area contributed by atoms with Crippen LogP contribution in [0.1, 0.15) is 26.3 Å². The Labute approximate surface area is 118 Å². The summed E-state index contributed by atoms with van der Waals surface area (Å²) in [5.41, 5.74) is -1.41. The summed E-state index contributed by atoms with van der Waals surface area (Å²) in [6.07, 6.45) is 0. The number of rotatable bonds is 6. The summed E-state index contributed by atoms with van der Waals surface area (Å²) in [4.78, 5) is 31.5. The number of hydrogen-bond acceptors (Lipinski definition) is 6. The second-order valence-electron chi connectivity index (χ2n) is 3.91. The zero-order chi connectivity index (χ0) is 16.4. The fourth-order valence-corrected chi connectivity index (χ4v) is 2.75. The minimum absolute atomic E-state index is 0.210. The van der Waals surface area contributed by atoms with Crippen molar-refractivity contribution in [2.24, 2.45) is 0 Å². The van der Waals surface area contributed by atoms with Gasteiger partial charge in [-0.25, -0.2) is 14.4 Å². The molecule has 0 unspecified atom stereocenters. The van der Waals surface area contributed by atoms with E-state index in [1.807, 2.05) is 0 Å². The molecule has 0 amide bonds. The highest BCUT2D eigenvalue weighted by Crippen LogP contribution is 2.25. The third-order valence-corrected chi connectivity index (χ3v) is 3.65. The van der Waals surface area contributed by atoms with Crippen LogP contribution in [0.3, 0.4) is 0 Å². The summed E-state index contributed by atoms with van der Waals surface area (Å²) in [7, 11) is -4.87. The Morgan fingerprint density at radius 2 is 1.48 bits per heavy atom. The van der Waals surface area contributed by atoms with Gasteiger partial charge in [-0.3, -0.25) is 4.18 Å². The van der Waals surface area contributed by atoms with Crippen molar-refractivity contribution in [2.45, 2.75) is 11.8 Å². The molecular weight excluding hydrogens is 308 g/mol. The smallest absolute Gasteiger partial charge is 0.337 e. The van der Waals surface area contributed by atoms with E-state index in [1.54, 1.807) is 0 Å². The summed E-state index contributed by atoms with van der Waals surface area (Å²) in [6.45, 7) is 0.127. The maximum atomic E-state index is 11.9. The van der Waals surface area contributed by atoms with E-state index in [0.717, 1.165) is 12.1 Å². The van der Waals surface area contributed by atoms with Crippen LogP contribution in [0.2, 0.25) is 0 Å². The zero-order valence-electron chi connectivity index (χ0n) is 10.6. The van der Waals surface area contributed by atoms with Gasteiger partial charge in [-0.05, 0) is 24.6 Å². The third kappa shape index (κ3) is 3.77. The molecule has 0 bridgehead atoms. The first-order chi connectivity index (χ1) is 9.56. The largest absolute Gasteiger partial charge is 0.479 e. The number of benzene rings is 1. The van der Waals surface area contributed by atoms with Crippen molar-refractivity contribution in [2.75, 3.05) is 6.61 Å². The number of carboxylic acids is 3. The predicted molar refractivity (Wildman–Crippen MR) is 65.9 cm³/mol. The van der Waals surface area contributed by atoms with Crippen LogP contribution in [0.15, 0.2) is 17.0 Å². The molecule has 1 aromatic carbocycles. The molecule has 3 N–H and O–H groups in total. The SMILES string of the molecule is Cc1cc(C(=O)O)c(S(=O)(=O)OCC(=O)O)c(C(=O)O)c1. The number of aliphatic carboxylic acids is 1. The summed E-state index contributed by atoms with van der Waals surface area (Å²) in [6, 6.07) is 1.90. The first kappa shape index (κ1) is 16.6. The van der Waals surface area contributed by atoms with E-state index in [-0.39, 0.29) is 5.56 Å². The molecule has 0 aromatic heterocycles. The van der Waals surface area contributed by atoms with Gasteiger partial charge >= 0.3 is 17.9 Å². The first-order valence-electron chi connectivity index (χ1n) is 5.28. The lowest BCUT2D eigenvalue weighted by molar-refractivity contribution is -0.139. The molecule has 0 aliphatic carbocycles. The monoisotopic (exact) mass is 318 g/mol. The molecule has 0 saturated carbocycles. The maximum absolute atomic E-state index is 11.9. The molecule has 0 aliphatic heterocycles. The summed E-state index contributed by atoms with van der Waals surface area (Å²) < 4.78 is 27.9. The lowest BCUT2D eigenvalue weighted by Crippen LogP contribution is -2.20. The van der Waals surface area contributed by atoms with Crippen molar-refractivity contribution in [1.29, 1.82) is 0 Å². The van der Waals surface area contributed by atoms with Gasteiger partial charge in [0.1, 0.15) is 4.90 Å². The first-order valence-corrected chi connectivity index (χ1v) is 6.69. The number of carboxylic acid groups (broad SMARTS) is 3. The van der Waals surface area contributed by atoms with Crippen LogP contribution in [-0.2, 0) is 19.1 Å². The van der Waals surface area contributed by atoms with E-state index in [4.69, 9.17) is 15.3 Å². The van der Waals surface area contributed by atoms with E-state index in [0.29, 0.717) is 0 Å². The fraction of sp³-hybridized carbons (Fsp3) is 0.182. The summed E-state index contributed by atoms with van der Waals surface area (Å²) in [5.74, 6) is -4.98. The van der Waals surface area contributed by atoms with Crippen LogP contribution < -0.4 is 0 Å². The van der Waals surface area contributed by atoms with Crippen LogP contribution in [0, 0.1) is 6.92 Å². The molecule has 9 nitrogen and oxygen atoms in total. The molecule has 0 fully saturated rings. The van der Waals surface area contributed by atoms with Crippen molar-refractivity contribution >= 4 is 28.0 Å². The summed E-state index contributed by atoms with van der Waals surface area (Å²) >= 11 is 0. The highest BCUT2D eigenvalue weighted by molar-refractivity contribution is 7.87. The highest BCUT2D eigenvalue weighted by atomic mass is 32.2. The molecule has 1 rings (SSSR count). The van der Waals surface area contributed by atoms with Gasteiger partial charge in [0, 0.05) is 0 Å². The Morgan fingerprint density at radius 1 is 1.05 bits per heavy atom. The van der Waals surface area contributed by atoms with Gasteiger partial charge in [-0.1, -0.05) is 0 Å². The van der Waals surface area contributed by atoms with Crippen LogP contribution in [-0.4, -0.2) is 48.3 Å². The van der Waals surface area contributed by atoms with Gasteiger partial charge in [0.15, 0.2) is 6.61 Å². The van der Waals surface area contributed by atoms with Crippen molar-refractivity contribution < 1.29 is 42.3 Å². The Balaban J connectivity index is 3.62. The Bertz CT molecular complexity index is 682. The lowest BCUT2D eigenvalue weighted by Gasteiger charge is -2.11. The average molecular weight is 318 g/mol. The van der Waals surface area contributed by atoms with E-state index in [1.165, 1.54) is 6.92 Å². The lowest BCUT2D eigenvalue weighted by atomic mass is 10.1. The van der Waals surface area contributed by atoms with Gasteiger partial charge in [0.05, 0.1) is 11.1 Å². The molecule has 1 aromatic rings. The van der Waals surface area contributed by atoms with E-state index >= 15 is 0 Å². The van der Waals surface area contributed by atoms with Crippen molar-refractivity contribution in [3.05, 3.63) is 28.8 Å². The molecule has 0 aliphatic rings. The highest BCUT2D eigenvalue weighted by Gasteiger charge is 2.31. The van der Waals surface area contributed by atoms with Crippen molar-refractivity contribution in [1.82, 2.24) is 0 Å². The minimum atomic E-state index is -4.87. The van der Waals surface area contributed by atoms with Crippen molar-refractivity contribution in [3.63, 3.8) is 0 Å². The molecule has 0 atom stereocenters. The predicted octanol–water partition coefficient (Wildman–Crippen LogP) is 0.181. The summed E-state index contributed by atoms with van der Waals surface area (Å²) in [5, 5.41) is 26.4. The second-order valence-corrected chi connectivity index (χ2v) is 5.46. The minimum Gasteiger partial charge on any atom is -0.479 e. The van der Waals surface area contributed by atoms with Crippen molar-refractivity contribution in [3.8, 4) is 0 Å². The molecule has 0 spiro atoms. The van der Waals surface area contributed by atoms with E-state index < -0.39 is 50.7 Å². The molecule has 114 valence electrons. The normalized spacial score (nSPS) is 11.1. The quantitative estimate of drug-likeness (QED) is 0.622. The Morgan fingerprint density at radius 3 is 1.81 bits per heavy atom. The number of aryl methyl sites for hydroxylation is 1. The Kier molecular flexibility index (Phi) is 4.66. The second kappa shape index (κ2) is 5.89. The Hall–Kier alpha value is -2.46. The van der Waals surface area contributed by atoms with Crippen LogP contribution >= 0.6 is 0 Å². The maximum Gasteiger partial charge on any atom is 0.337 e. The van der Waals surface area contributed by atoms with Gasteiger partial charge in [-0.2, -0.15) is 8.42 Å². The van der Waals surface area contributed by atoms with Crippen LogP contribution in [0.25, 0.3) is 0 Å². The molecule has 21 heavy (non-hydrogen) atoms. The van der Waals surface area contributed by atoms with Gasteiger partial charge in [0.25, 0.3) is 10.1 Å². The topological polar surface area (TPSA) is 155 Å². The standard InChI is InChI=1S/C11H10O9S/c1-5-2-6(10(14)15)9(7(3-5)11(16)17)21(18,19)20-4-8(12)13/h2-3H,4H2,1H3,(H,12,13)(H,14,15)(H,16,17). The fourth-order valence-electron chi connectivity index (χ4n) is 1.55. The van der Waals surface area contributed by atoms with E-state index in [9.17, 15) is 22.8 Å². The van der Waals surface area contributed by atoms with E-state index in [2.05, 4.69) is 4.18 Å².